The second kappa shape index (κ2) is 6.52. The molecule has 0 saturated carbocycles. The topological polar surface area (TPSA) is 55.8 Å². The second-order valence-electron chi connectivity index (χ2n) is 2.96. The van der Waals surface area contributed by atoms with Crippen LogP contribution in [0.3, 0.4) is 0 Å². The molecule has 15 heavy (non-hydrogen) atoms. The van der Waals surface area contributed by atoms with Crippen LogP contribution < -0.4 is 0 Å². The molecule has 0 aromatic carbocycles. The third-order valence-electron chi connectivity index (χ3n) is 1.81. The molecule has 0 spiro atoms. The van der Waals surface area contributed by atoms with E-state index < -0.39 is 7.60 Å². The van der Waals surface area contributed by atoms with Crippen LogP contribution in [0, 0.1) is 0 Å². The molecule has 0 bridgehead atoms. The van der Waals surface area contributed by atoms with Crippen LogP contribution in [0.15, 0.2) is 0 Å². The smallest absolute Gasteiger partial charge is 0.353 e. The van der Waals surface area contributed by atoms with Crippen LogP contribution in [-0.4, -0.2) is 40.3 Å². The van der Waals surface area contributed by atoms with Crippen molar-refractivity contribution in [3.63, 3.8) is 0 Å². The average Bonchev–Trinajstić information content (AvgIpc) is 2.67. The highest BCUT2D eigenvalue weighted by Gasteiger charge is 2.42. The van der Waals surface area contributed by atoms with Crippen molar-refractivity contribution in [2.75, 3.05) is 25.6 Å². The van der Waals surface area contributed by atoms with E-state index in [0.717, 1.165) is 5.75 Å². The number of thioether (sulfide) groups is 2. The van der Waals surface area contributed by atoms with E-state index in [1.807, 2.05) is 0 Å². The predicted molar refractivity (Wildman–Crippen MR) is 65.6 cm³/mol. The molecule has 1 heterocycles. The molecule has 0 aliphatic carbocycles. The fourth-order valence-electron chi connectivity index (χ4n) is 1.21. The maximum absolute atomic E-state index is 12.3. The van der Waals surface area contributed by atoms with Crippen molar-refractivity contribution >= 4 is 31.1 Å². The molecular weight excluding hydrogens is 255 g/mol. The zero-order valence-corrected chi connectivity index (χ0v) is 11.4. The lowest BCUT2D eigenvalue weighted by molar-refractivity contribution is 0.222. The number of rotatable bonds is 6. The van der Waals surface area contributed by atoms with Gasteiger partial charge in [-0.15, -0.1) is 23.5 Å². The Morgan fingerprint density at radius 2 is 2.00 bits per heavy atom. The molecular formula is C8H17O4PS2. The van der Waals surface area contributed by atoms with Crippen molar-refractivity contribution in [1.29, 1.82) is 0 Å². The number of hydrogen-bond acceptors (Lipinski definition) is 6. The van der Waals surface area contributed by atoms with Crippen LogP contribution >= 0.6 is 31.1 Å². The highest BCUT2D eigenvalue weighted by atomic mass is 32.2. The van der Waals surface area contributed by atoms with Gasteiger partial charge in [-0.1, -0.05) is 0 Å². The van der Waals surface area contributed by atoms with Crippen molar-refractivity contribution in [3.05, 3.63) is 0 Å². The molecule has 0 aromatic heterocycles. The van der Waals surface area contributed by atoms with E-state index in [0.29, 0.717) is 13.2 Å². The molecule has 0 amide bonds. The molecule has 1 aliphatic rings. The molecule has 0 unspecified atom stereocenters. The Labute approximate surface area is 99.0 Å². The summed E-state index contributed by atoms with van der Waals surface area (Å²) < 4.78 is 22.6. The first kappa shape index (κ1) is 13.9. The third kappa shape index (κ3) is 3.65. The van der Waals surface area contributed by atoms with E-state index in [1.165, 1.54) is 11.8 Å². The van der Waals surface area contributed by atoms with Gasteiger partial charge in [-0.05, 0) is 13.8 Å². The van der Waals surface area contributed by atoms with Crippen molar-refractivity contribution in [2.24, 2.45) is 0 Å². The van der Waals surface area contributed by atoms with Crippen LogP contribution in [0.25, 0.3) is 0 Å². The van der Waals surface area contributed by atoms with Crippen LogP contribution in [0.5, 0.6) is 0 Å². The zero-order chi connectivity index (χ0) is 11.3. The molecule has 1 rings (SSSR count). The van der Waals surface area contributed by atoms with Gasteiger partial charge in [-0.3, -0.25) is 4.57 Å². The van der Waals surface area contributed by atoms with Gasteiger partial charge < -0.3 is 14.2 Å². The van der Waals surface area contributed by atoms with E-state index in [2.05, 4.69) is 0 Å². The Kier molecular flexibility index (Phi) is 6.03. The summed E-state index contributed by atoms with van der Waals surface area (Å²) in [7, 11) is -3.00. The van der Waals surface area contributed by atoms with Crippen molar-refractivity contribution < 1.29 is 18.7 Å². The highest BCUT2D eigenvalue weighted by molar-refractivity contribution is 8.26. The summed E-state index contributed by atoms with van der Waals surface area (Å²) in [4.78, 5) is 0. The van der Waals surface area contributed by atoms with Gasteiger partial charge in [0.2, 0.25) is 0 Å². The predicted octanol–water partition coefficient (Wildman–Crippen LogP) is 2.38. The van der Waals surface area contributed by atoms with Crippen LogP contribution in [-0.2, 0) is 13.6 Å². The minimum absolute atomic E-state index is 0.117. The van der Waals surface area contributed by atoms with Gasteiger partial charge in [0, 0.05) is 11.0 Å². The summed E-state index contributed by atoms with van der Waals surface area (Å²) in [5.74, 6) is 0.802. The van der Waals surface area contributed by atoms with Crippen molar-refractivity contribution in [3.8, 4) is 0 Å². The average molecular weight is 272 g/mol. The zero-order valence-electron chi connectivity index (χ0n) is 8.92. The van der Waals surface area contributed by atoms with E-state index in [9.17, 15) is 4.57 Å². The first-order valence-corrected chi connectivity index (χ1v) is 8.53. The van der Waals surface area contributed by atoms with Gasteiger partial charge in [0.15, 0.2) is 4.32 Å². The maximum Gasteiger partial charge on any atom is 0.353 e. The normalized spacial score (nSPS) is 27.1. The monoisotopic (exact) mass is 272 g/mol. The summed E-state index contributed by atoms with van der Waals surface area (Å²) in [6, 6.07) is 0. The number of aliphatic hydroxyl groups is 1. The molecule has 1 fully saturated rings. The molecule has 1 aliphatic heterocycles. The minimum atomic E-state index is -3.00. The fourth-order valence-corrected chi connectivity index (χ4v) is 7.55. The summed E-state index contributed by atoms with van der Waals surface area (Å²) in [6.45, 7) is 4.50. The van der Waals surface area contributed by atoms with Crippen molar-refractivity contribution in [2.45, 2.75) is 23.4 Å². The lowest BCUT2D eigenvalue weighted by Gasteiger charge is -2.21. The highest BCUT2D eigenvalue weighted by Crippen LogP contribution is 2.64. The summed E-state index contributed by atoms with van der Waals surface area (Å²) in [5.41, 5.74) is 0. The Morgan fingerprint density at radius 3 is 2.40 bits per heavy atom. The van der Waals surface area contributed by atoms with E-state index >= 15 is 0 Å². The SMILES string of the molecule is CCOP(=O)(OCC)[C@@H]1SC[C@H](CO)S1. The molecule has 90 valence electrons. The van der Waals surface area contributed by atoms with Gasteiger partial charge in [-0.2, -0.15) is 0 Å². The van der Waals surface area contributed by atoms with E-state index in [1.54, 1.807) is 25.6 Å². The number of aliphatic hydroxyl groups excluding tert-OH is 1. The maximum atomic E-state index is 12.3. The summed E-state index contributed by atoms with van der Waals surface area (Å²) in [5, 5.41) is 9.15. The van der Waals surface area contributed by atoms with E-state index in [4.69, 9.17) is 14.2 Å². The Bertz CT molecular complexity index is 229. The number of hydrogen-bond donors (Lipinski definition) is 1. The molecule has 0 radical (unpaired) electrons. The lowest BCUT2D eigenvalue weighted by Crippen LogP contribution is -2.08. The van der Waals surface area contributed by atoms with Crippen LogP contribution in [0.1, 0.15) is 13.8 Å². The Balaban J connectivity index is 2.61. The Morgan fingerprint density at radius 1 is 1.40 bits per heavy atom. The second-order valence-corrected chi connectivity index (χ2v) is 8.61. The third-order valence-corrected chi connectivity index (χ3v) is 8.69. The van der Waals surface area contributed by atoms with Crippen LogP contribution in [0.4, 0.5) is 0 Å². The molecule has 7 heteroatoms. The van der Waals surface area contributed by atoms with Gasteiger partial charge in [0.25, 0.3) is 0 Å². The standard InChI is InChI=1S/C8H17O4PS2/c1-3-11-13(10,12-4-2)8-14-6-7(5-9)15-8/h7-9H,3-6H2,1-2H3/t7-,8+/m0/s1. The molecule has 1 saturated heterocycles. The van der Waals surface area contributed by atoms with Crippen LogP contribution in [0.2, 0.25) is 0 Å². The van der Waals surface area contributed by atoms with E-state index in [-0.39, 0.29) is 16.2 Å². The molecule has 2 atom stereocenters. The molecule has 4 nitrogen and oxygen atoms in total. The van der Waals surface area contributed by atoms with Gasteiger partial charge in [0.1, 0.15) is 0 Å². The Hall–Kier alpha value is 0.810. The summed E-state index contributed by atoms with van der Waals surface area (Å²) in [6.07, 6.45) is 0. The first-order valence-electron chi connectivity index (χ1n) is 4.93. The summed E-state index contributed by atoms with van der Waals surface area (Å²) >= 11 is 3.05. The van der Waals surface area contributed by atoms with Crippen molar-refractivity contribution in [1.82, 2.24) is 0 Å². The molecule has 0 aromatic rings. The molecule has 1 N–H and O–H groups in total. The van der Waals surface area contributed by atoms with Gasteiger partial charge >= 0.3 is 7.60 Å². The minimum Gasteiger partial charge on any atom is -0.395 e. The first-order chi connectivity index (χ1) is 7.16. The fraction of sp³-hybridized carbons (Fsp3) is 1.00. The quantitative estimate of drug-likeness (QED) is 0.749. The van der Waals surface area contributed by atoms with Gasteiger partial charge in [0.05, 0.1) is 19.8 Å². The van der Waals surface area contributed by atoms with Gasteiger partial charge in [-0.25, -0.2) is 0 Å². The largest absolute Gasteiger partial charge is 0.395 e. The lowest BCUT2D eigenvalue weighted by atomic mass is 10.5.